The highest BCUT2D eigenvalue weighted by Crippen LogP contribution is 2.28. The smallest absolute Gasteiger partial charge is 0.251 e. The maximum absolute atomic E-state index is 12.6. The number of aryl methyl sites for hydroxylation is 1. The van der Waals surface area contributed by atoms with Crippen molar-refractivity contribution in [2.24, 2.45) is 0 Å². The van der Waals surface area contributed by atoms with E-state index in [1.54, 1.807) is 30.5 Å². The van der Waals surface area contributed by atoms with E-state index >= 15 is 0 Å². The zero-order valence-electron chi connectivity index (χ0n) is 15.6. The van der Waals surface area contributed by atoms with Crippen LogP contribution >= 0.6 is 0 Å². The monoisotopic (exact) mass is 354 g/mol. The number of nitrogens with one attached hydrogen (secondary N) is 1. The average Bonchev–Trinajstić information content (AvgIpc) is 2.62. The van der Waals surface area contributed by atoms with Gasteiger partial charge >= 0.3 is 0 Å². The molecule has 0 radical (unpaired) electrons. The molecular formula is C21H26N2O3. The zero-order chi connectivity index (χ0) is 18.9. The number of benzene rings is 1. The Morgan fingerprint density at radius 1 is 1.31 bits per heavy atom. The van der Waals surface area contributed by atoms with Crippen LogP contribution in [0, 0.1) is 6.92 Å². The molecule has 0 aliphatic heterocycles. The average molecular weight is 354 g/mol. The normalized spacial score (nSPS) is 11.5. The van der Waals surface area contributed by atoms with Crippen LogP contribution in [0.1, 0.15) is 35.5 Å². The Morgan fingerprint density at radius 2 is 2.12 bits per heavy atom. The Balaban J connectivity index is 2.07. The van der Waals surface area contributed by atoms with Crippen molar-refractivity contribution in [3.8, 4) is 11.5 Å². The molecule has 5 nitrogen and oxygen atoms in total. The van der Waals surface area contributed by atoms with E-state index in [2.05, 4.69) is 16.9 Å². The van der Waals surface area contributed by atoms with E-state index in [-0.39, 0.29) is 11.9 Å². The third kappa shape index (κ3) is 5.34. The second-order valence-electron chi connectivity index (χ2n) is 6.04. The van der Waals surface area contributed by atoms with Crippen LogP contribution in [0.5, 0.6) is 11.5 Å². The van der Waals surface area contributed by atoms with Gasteiger partial charge in [-0.25, -0.2) is 0 Å². The lowest BCUT2D eigenvalue weighted by Gasteiger charge is -2.16. The van der Waals surface area contributed by atoms with Gasteiger partial charge in [-0.05, 0) is 50.6 Å². The van der Waals surface area contributed by atoms with Crippen LogP contribution in [-0.4, -0.2) is 30.1 Å². The third-order valence-corrected chi connectivity index (χ3v) is 3.86. The molecule has 0 saturated carbocycles. The third-order valence-electron chi connectivity index (χ3n) is 3.86. The summed E-state index contributed by atoms with van der Waals surface area (Å²) in [6.07, 6.45) is 4.11. The number of ether oxygens (including phenoxy) is 2. The molecule has 1 heterocycles. The van der Waals surface area contributed by atoms with Gasteiger partial charge in [-0.15, -0.1) is 0 Å². The number of pyridine rings is 1. The van der Waals surface area contributed by atoms with E-state index in [1.807, 2.05) is 32.9 Å². The number of nitrogens with zero attached hydrogens (tertiary/aromatic N) is 1. The van der Waals surface area contributed by atoms with Crippen LogP contribution in [0.15, 0.2) is 49.2 Å². The minimum Gasteiger partial charge on any atom is -0.490 e. The van der Waals surface area contributed by atoms with Crippen LogP contribution in [0.4, 0.5) is 0 Å². The van der Waals surface area contributed by atoms with Gasteiger partial charge in [0.05, 0.1) is 6.61 Å². The van der Waals surface area contributed by atoms with Gasteiger partial charge in [0, 0.05) is 29.9 Å². The molecule has 138 valence electrons. The molecule has 0 saturated heterocycles. The van der Waals surface area contributed by atoms with Crippen LogP contribution in [0.2, 0.25) is 0 Å². The van der Waals surface area contributed by atoms with Crippen molar-refractivity contribution in [3.63, 3.8) is 0 Å². The molecule has 1 aromatic carbocycles. The molecule has 0 aliphatic carbocycles. The van der Waals surface area contributed by atoms with E-state index in [0.29, 0.717) is 36.7 Å². The summed E-state index contributed by atoms with van der Waals surface area (Å²) in [6, 6.07) is 9.08. The largest absolute Gasteiger partial charge is 0.490 e. The number of carbonyl (C=O) groups is 1. The maximum Gasteiger partial charge on any atom is 0.251 e. The van der Waals surface area contributed by atoms with Gasteiger partial charge in [0.2, 0.25) is 0 Å². The van der Waals surface area contributed by atoms with Crippen LogP contribution in [-0.2, 0) is 6.42 Å². The fourth-order valence-corrected chi connectivity index (χ4v) is 2.57. The summed E-state index contributed by atoms with van der Waals surface area (Å²) in [6.45, 7) is 10.4. The van der Waals surface area contributed by atoms with Crippen LogP contribution < -0.4 is 14.8 Å². The van der Waals surface area contributed by atoms with E-state index in [0.717, 1.165) is 11.3 Å². The highest BCUT2D eigenvalue weighted by atomic mass is 16.5. The molecule has 26 heavy (non-hydrogen) atoms. The molecule has 0 bridgehead atoms. The van der Waals surface area contributed by atoms with Gasteiger partial charge in [0.25, 0.3) is 5.91 Å². The fraction of sp³-hybridized carbons (Fsp3) is 0.333. The molecule has 1 aromatic heterocycles. The molecule has 1 atom stereocenters. The van der Waals surface area contributed by atoms with Gasteiger partial charge in [-0.2, -0.15) is 0 Å². The predicted octanol–water partition coefficient (Wildman–Crippen LogP) is 3.71. The van der Waals surface area contributed by atoms with E-state index < -0.39 is 0 Å². The second-order valence-corrected chi connectivity index (χ2v) is 6.04. The Bertz CT molecular complexity index is 759. The highest BCUT2D eigenvalue weighted by molar-refractivity contribution is 5.95. The van der Waals surface area contributed by atoms with Crippen LogP contribution in [0.25, 0.3) is 0 Å². The summed E-state index contributed by atoms with van der Waals surface area (Å²) in [7, 11) is 0. The first kappa shape index (κ1) is 19.5. The quantitative estimate of drug-likeness (QED) is 0.697. The molecule has 2 rings (SSSR count). The summed E-state index contributed by atoms with van der Waals surface area (Å²) in [5.74, 6) is 0.998. The van der Waals surface area contributed by atoms with Crippen molar-refractivity contribution in [1.82, 2.24) is 10.3 Å². The summed E-state index contributed by atoms with van der Waals surface area (Å²) in [5, 5.41) is 3.01. The number of hydrogen-bond donors (Lipinski definition) is 1. The van der Waals surface area contributed by atoms with Crippen molar-refractivity contribution < 1.29 is 14.3 Å². The number of carbonyl (C=O) groups excluding carboxylic acids is 1. The molecule has 1 amide bonds. The predicted molar refractivity (Wildman–Crippen MR) is 103 cm³/mol. The van der Waals surface area contributed by atoms with Crippen molar-refractivity contribution >= 4 is 5.91 Å². The highest BCUT2D eigenvalue weighted by Gasteiger charge is 2.15. The SMILES string of the molecule is C=CCOc1ccc(C(=O)NC(C)Cc2ncccc2C)cc1OCC. The number of amides is 1. The van der Waals surface area contributed by atoms with E-state index in [1.165, 1.54) is 0 Å². The van der Waals surface area contributed by atoms with E-state index in [9.17, 15) is 4.79 Å². The van der Waals surface area contributed by atoms with Crippen molar-refractivity contribution in [3.05, 3.63) is 66.0 Å². The van der Waals surface area contributed by atoms with Gasteiger partial charge in [-0.1, -0.05) is 18.7 Å². The molecule has 0 spiro atoms. The molecule has 2 aromatic rings. The Hall–Kier alpha value is -2.82. The lowest BCUT2D eigenvalue weighted by molar-refractivity contribution is 0.0939. The van der Waals surface area contributed by atoms with Crippen molar-refractivity contribution in [2.75, 3.05) is 13.2 Å². The summed E-state index contributed by atoms with van der Waals surface area (Å²) in [4.78, 5) is 16.9. The van der Waals surface area contributed by atoms with Gasteiger partial charge < -0.3 is 14.8 Å². The fourth-order valence-electron chi connectivity index (χ4n) is 2.57. The standard InChI is InChI=1S/C21H26N2O3/c1-5-12-26-19-10-9-17(14-20(19)25-6-2)21(24)23-16(4)13-18-15(3)8-7-11-22-18/h5,7-11,14,16H,1,6,12-13H2,2-4H3,(H,23,24). The van der Waals surface area contributed by atoms with Crippen molar-refractivity contribution in [2.45, 2.75) is 33.2 Å². The number of rotatable bonds is 9. The summed E-state index contributed by atoms with van der Waals surface area (Å²) >= 11 is 0. The first-order valence-corrected chi connectivity index (χ1v) is 8.77. The Morgan fingerprint density at radius 3 is 2.81 bits per heavy atom. The first-order chi connectivity index (χ1) is 12.5. The summed E-state index contributed by atoms with van der Waals surface area (Å²) < 4.78 is 11.2. The maximum atomic E-state index is 12.6. The van der Waals surface area contributed by atoms with Gasteiger partial charge in [0.1, 0.15) is 6.61 Å². The number of aromatic nitrogens is 1. The number of hydrogen-bond acceptors (Lipinski definition) is 4. The minimum atomic E-state index is -0.151. The first-order valence-electron chi connectivity index (χ1n) is 8.77. The van der Waals surface area contributed by atoms with Gasteiger partial charge in [0.15, 0.2) is 11.5 Å². The Labute approximate surface area is 155 Å². The van der Waals surface area contributed by atoms with Gasteiger partial charge in [-0.3, -0.25) is 9.78 Å². The molecule has 1 N–H and O–H groups in total. The molecule has 1 unspecified atom stereocenters. The Kier molecular flexibility index (Phi) is 7.21. The summed E-state index contributed by atoms with van der Waals surface area (Å²) in [5.41, 5.74) is 2.64. The second kappa shape index (κ2) is 9.61. The lowest BCUT2D eigenvalue weighted by atomic mass is 10.1. The topological polar surface area (TPSA) is 60.5 Å². The molecule has 0 aliphatic rings. The lowest BCUT2D eigenvalue weighted by Crippen LogP contribution is -2.34. The van der Waals surface area contributed by atoms with E-state index in [4.69, 9.17) is 9.47 Å². The van der Waals surface area contributed by atoms with Crippen molar-refractivity contribution in [1.29, 1.82) is 0 Å². The molecule has 5 heteroatoms. The van der Waals surface area contributed by atoms with Crippen LogP contribution in [0.3, 0.4) is 0 Å². The molecular weight excluding hydrogens is 328 g/mol. The zero-order valence-corrected chi connectivity index (χ0v) is 15.6. The minimum absolute atomic E-state index is 0.0386. The molecule has 0 fully saturated rings.